The molecule has 0 aliphatic rings. The van der Waals surface area contributed by atoms with Gasteiger partial charge in [0.25, 0.3) is 0 Å². The van der Waals surface area contributed by atoms with Crippen LogP contribution in [0.2, 0.25) is 0 Å². The summed E-state index contributed by atoms with van der Waals surface area (Å²) in [6.45, 7) is 1.43. The van der Waals surface area contributed by atoms with Gasteiger partial charge in [-0.05, 0) is 18.6 Å². The number of imidazole rings is 1. The Morgan fingerprint density at radius 1 is 1.32 bits per heavy atom. The summed E-state index contributed by atoms with van der Waals surface area (Å²) in [5.41, 5.74) is 6.40. The summed E-state index contributed by atoms with van der Waals surface area (Å²) in [7, 11) is 0. The molecule has 1 unspecified atom stereocenters. The number of para-hydroxylation sites is 2. The highest BCUT2D eigenvalue weighted by Gasteiger charge is 2.41. The molecule has 1 aromatic heterocycles. The van der Waals surface area contributed by atoms with Crippen molar-refractivity contribution >= 4 is 11.0 Å². The van der Waals surface area contributed by atoms with Crippen molar-refractivity contribution in [3.8, 4) is 0 Å². The Labute approximate surface area is 109 Å². The molecule has 2 rings (SSSR count). The van der Waals surface area contributed by atoms with Crippen LogP contribution in [-0.2, 0) is 6.42 Å². The summed E-state index contributed by atoms with van der Waals surface area (Å²) in [5, 5.41) is 0. The highest BCUT2D eigenvalue weighted by molar-refractivity contribution is 5.76. The summed E-state index contributed by atoms with van der Waals surface area (Å²) < 4.78 is 40.5. The molecule has 0 aliphatic heterocycles. The molecule has 1 atom stereocenters. The molecule has 0 bridgehead atoms. The fourth-order valence-electron chi connectivity index (χ4n) is 2.23. The van der Waals surface area contributed by atoms with Crippen molar-refractivity contribution < 1.29 is 13.2 Å². The zero-order valence-corrected chi connectivity index (χ0v) is 10.6. The van der Waals surface area contributed by atoms with E-state index in [0.717, 1.165) is 6.42 Å². The zero-order chi connectivity index (χ0) is 14.0. The second-order valence-electron chi connectivity index (χ2n) is 4.43. The third-order valence-electron chi connectivity index (χ3n) is 3.06. The number of aryl methyl sites for hydroxylation is 1. The van der Waals surface area contributed by atoms with Gasteiger partial charge in [-0.15, -0.1) is 0 Å². The Bertz CT molecular complexity index is 560. The van der Waals surface area contributed by atoms with Gasteiger partial charge in [0.15, 0.2) is 0 Å². The minimum atomic E-state index is -4.37. The largest absolute Gasteiger partial charge is 0.410 e. The van der Waals surface area contributed by atoms with Crippen LogP contribution in [0, 0.1) is 0 Å². The van der Waals surface area contributed by atoms with Crippen LogP contribution in [0.5, 0.6) is 0 Å². The first kappa shape index (κ1) is 13.9. The topological polar surface area (TPSA) is 43.8 Å². The number of nitrogens with zero attached hydrogens (tertiary/aromatic N) is 2. The smallest absolute Gasteiger partial charge is 0.328 e. The van der Waals surface area contributed by atoms with E-state index < -0.39 is 18.8 Å². The number of hydrogen-bond acceptors (Lipinski definition) is 2. The summed E-state index contributed by atoms with van der Waals surface area (Å²) in [5.74, 6) is 0.441. The van der Waals surface area contributed by atoms with E-state index in [1.54, 1.807) is 24.3 Å². The molecular formula is C13H16F3N3. The Hall–Kier alpha value is -1.56. The van der Waals surface area contributed by atoms with Crippen molar-refractivity contribution in [3.05, 3.63) is 30.1 Å². The minimum absolute atomic E-state index is 0.441. The van der Waals surface area contributed by atoms with Gasteiger partial charge < -0.3 is 10.3 Å². The van der Waals surface area contributed by atoms with Crippen LogP contribution in [0.1, 0.15) is 25.2 Å². The summed E-state index contributed by atoms with van der Waals surface area (Å²) in [6, 6.07) is 5.12. The quantitative estimate of drug-likeness (QED) is 0.928. The average molecular weight is 271 g/mol. The van der Waals surface area contributed by atoms with Crippen LogP contribution in [-0.4, -0.2) is 22.3 Å². The fraction of sp³-hybridized carbons (Fsp3) is 0.462. The normalized spacial score (nSPS) is 13.9. The summed E-state index contributed by atoms with van der Waals surface area (Å²) in [6.07, 6.45) is -3.14. The highest BCUT2D eigenvalue weighted by Crippen LogP contribution is 2.33. The van der Waals surface area contributed by atoms with Crippen molar-refractivity contribution in [1.29, 1.82) is 0 Å². The van der Waals surface area contributed by atoms with E-state index in [1.807, 2.05) is 6.92 Å². The zero-order valence-electron chi connectivity index (χ0n) is 10.6. The number of alkyl halides is 3. The Balaban J connectivity index is 2.64. The van der Waals surface area contributed by atoms with E-state index in [4.69, 9.17) is 5.73 Å². The van der Waals surface area contributed by atoms with Gasteiger partial charge in [0, 0.05) is 13.0 Å². The predicted molar refractivity (Wildman–Crippen MR) is 67.9 cm³/mol. The van der Waals surface area contributed by atoms with Crippen molar-refractivity contribution in [3.63, 3.8) is 0 Å². The molecule has 6 heteroatoms. The molecule has 3 nitrogen and oxygen atoms in total. The van der Waals surface area contributed by atoms with Crippen LogP contribution in [0.4, 0.5) is 13.2 Å². The molecule has 0 amide bonds. The number of nitrogens with two attached hydrogens (primary N) is 1. The molecule has 0 spiro atoms. The second kappa shape index (κ2) is 5.21. The SMILES string of the molecule is CCCc1nc2ccccc2n1C(CN)C(F)(F)F. The summed E-state index contributed by atoms with van der Waals surface area (Å²) >= 11 is 0. The molecule has 104 valence electrons. The van der Waals surface area contributed by atoms with Gasteiger partial charge in [0.05, 0.1) is 11.0 Å². The number of benzene rings is 1. The maximum Gasteiger partial charge on any atom is 0.410 e. The lowest BCUT2D eigenvalue weighted by molar-refractivity contribution is -0.164. The number of aromatic nitrogens is 2. The molecule has 2 aromatic rings. The van der Waals surface area contributed by atoms with Crippen molar-refractivity contribution in [2.45, 2.75) is 32.0 Å². The molecule has 2 N–H and O–H groups in total. The van der Waals surface area contributed by atoms with E-state index in [2.05, 4.69) is 4.98 Å². The van der Waals surface area contributed by atoms with Gasteiger partial charge in [-0.3, -0.25) is 0 Å². The monoisotopic (exact) mass is 271 g/mol. The third kappa shape index (κ3) is 2.58. The number of hydrogen-bond donors (Lipinski definition) is 1. The third-order valence-corrected chi connectivity index (χ3v) is 3.06. The molecule has 19 heavy (non-hydrogen) atoms. The molecular weight excluding hydrogens is 255 g/mol. The lowest BCUT2D eigenvalue weighted by Gasteiger charge is -2.22. The maximum atomic E-state index is 13.1. The van der Waals surface area contributed by atoms with E-state index in [9.17, 15) is 13.2 Å². The maximum absolute atomic E-state index is 13.1. The van der Waals surface area contributed by atoms with Crippen LogP contribution < -0.4 is 5.73 Å². The lowest BCUT2D eigenvalue weighted by atomic mass is 10.2. The van der Waals surface area contributed by atoms with E-state index >= 15 is 0 Å². The Kier molecular flexibility index (Phi) is 3.80. The van der Waals surface area contributed by atoms with Gasteiger partial charge in [0.1, 0.15) is 11.9 Å². The van der Waals surface area contributed by atoms with Crippen LogP contribution in [0.25, 0.3) is 11.0 Å². The van der Waals surface area contributed by atoms with Crippen LogP contribution in [0.3, 0.4) is 0 Å². The first-order chi connectivity index (χ1) is 8.99. The molecule has 0 aliphatic carbocycles. The lowest BCUT2D eigenvalue weighted by Crippen LogP contribution is -2.34. The number of rotatable bonds is 4. The van der Waals surface area contributed by atoms with Gasteiger partial charge in [-0.1, -0.05) is 19.1 Å². The van der Waals surface area contributed by atoms with E-state index in [0.29, 0.717) is 23.3 Å². The van der Waals surface area contributed by atoms with Gasteiger partial charge in [-0.25, -0.2) is 4.98 Å². The van der Waals surface area contributed by atoms with Crippen molar-refractivity contribution in [2.75, 3.05) is 6.54 Å². The molecule has 0 saturated carbocycles. The Morgan fingerprint density at radius 3 is 2.58 bits per heavy atom. The predicted octanol–water partition coefficient (Wildman–Crippen LogP) is 3.05. The molecule has 1 aromatic carbocycles. The van der Waals surface area contributed by atoms with Crippen LogP contribution >= 0.6 is 0 Å². The van der Waals surface area contributed by atoms with Gasteiger partial charge in [-0.2, -0.15) is 13.2 Å². The minimum Gasteiger partial charge on any atom is -0.328 e. The van der Waals surface area contributed by atoms with Gasteiger partial charge >= 0.3 is 6.18 Å². The van der Waals surface area contributed by atoms with Crippen molar-refractivity contribution in [2.24, 2.45) is 5.73 Å². The Morgan fingerprint density at radius 2 is 2.00 bits per heavy atom. The first-order valence-electron chi connectivity index (χ1n) is 6.21. The highest BCUT2D eigenvalue weighted by atomic mass is 19.4. The van der Waals surface area contributed by atoms with E-state index in [1.165, 1.54) is 4.57 Å². The van der Waals surface area contributed by atoms with Gasteiger partial charge in [0.2, 0.25) is 0 Å². The molecule has 0 saturated heterocycles. The molecule has 1 heterocycles. The molecule has 0 fully saturated rings. The number of halogens is 3. The van der Waals surface area contributed by atoms with E-state index in [-0.39, 0.29) is 0 Å². The van der Waals surface area contributed by atoms with Crippen molar-refractivity contribution in [1.82, 2.24) is 9.55 Å². The fourth-order valence-corrected chi connectivity index (χ4v) is 2.23. The summed E-state index contributed by atoms with van der Waals surface area (Å²) in [4.78, 5) is 4.29. The standard InChI is InChI=1S/C13H16F3N3/c1-2-5-12-18-9-6-3-4-7-10(9)19(12)11(8-17)13(14,15)16/h3-4,6-7,11H,2,5,8,17H2,1H3. The second-order valence-corrected chi connectivity index (χ2v) is 4.43. The van der Waals surface area contributed by atoms with Crippen LogP contribution in [0.15, 0.2) is 24.3 Å². The molecule has 0 radical (unpaired) electrons. The first-order valence-corrected chi connectivity index (χ1v) is 6.21. The number of fused-ring (bicyclic) bond motifs is 1. The average Bonchev–Trinajstić information content (AvgIpc) is 2.68.